The molecule has 3 N–H and O–H groups in total. The number of hydrogen-bond acceptors (Lipinski definition) is 2. The minimum Gasteiger partial charge on any atom is -0.368 e. The van der Waals surface area contributed by atoms with Crippen LogP contribution in [-0.2, 0) is 11.0 Å². The molecule has 7 heteroatoms. The number of amides is 2. The van der Waals surface area contributed by atoms with Crippen LogP contribution in [0.25, 0.3) is 0 Å². The quantitative estimate of drug-likeness (QED) is 0.832. The van der Waals surface area contributed by atoms with Crippen LogP contribution in [0.15, 0.2) is 24.3 Å². The summed E-state index contributed by atoms with van der Waals surface area (Å²) < 4.78 is 36.6. The number of nitrogens with two attached hydrogens (primary N) is 1. The molecule has 0 spiro atoms. The Labute approximate surface area is 94.6 Å². The molecule has 0 radical (unpaired) electrons. The molecule has 0 aromatic heterocycles. The molecule has 1 aromatic carbocycles. The Balaban J connectivity index is 2.74. The van der Waals surface area contributed by atoms with Gasteiger partial charge in [-0.15, -0.1) is 0 Å². The lowest BCUT2D eigenvalue weighted by Gasteiger charge is -2.07. The molecule has 92 valence electrons. The first-order chi connectivity index (χ1) is 7.80. The summed E-state index contributed by atoms with van der Waals surface area (Å²) in [7, 11) is 0. The number of primary amides is 1. The Hall–Kier alpha value is -2.05. The van der Waals surface area contributed by atoms with Crippen LogP contribution in [0, 0.1) is 0 Å². The van der Waals surface area contributed by atoms with Crippen LogP contribution in [0.3, 0.4) is 0 Å². The summed E-state index contributed by atoms with van der Waals surface area (Å²) in [6, 6.07) is 3.64. The molecule has 17 heavy (non-hydrogen) atoms. The van der Waals surface area contributed by atoms with Crippen molar-refractivity contribution in [2.24, 2.45) is 5.73 Å². The summed E-state index contributed by atoms with van der Waals surface area (Å²) in [4.78, 5) is 21.7. The topological polar surface area (TPSA) is 72.2 Å². The van der Waals surface area contributed by atoms with Gasteiger partial charge in [0.25, 0.3) is 5.91 Å². The summed E-state index contributed by atoms with van der Waals surface area (Å²) in [5.41, 5.74) is 3.98. The number of carbonyl (C=O) groups is 2. The van der Waals surface area contributed by atoms with Crippen LogP contribution in [0.4, 0.5) is 13.2 Å². The third kappa shape index (κ3) is 3.78. The Morgan fingerprint density at radius 2 is 1.71 bits per heavy atom. The normalized spacial score (nSPS) is 11.0. The van der Waals surface area contributed by atoms with E-state index in [-0.39, 0.29) is 12.1 Å². The number of halogens is 3. The highest BCUT2D eigenvalue weighted by Crippen LogP contribution is 2.28. The van der Waals surface area contributed by atoms with Gasteiger partial charge in [0.1, 0.15) is 0 Å². The van der Waals surface area contributed by atoms with Gasteiger partial charge in [0, 0.05) is 5.56 Å². The first kappa shape index (κ1) is 13.0. The smallest absolute Gasteiger partial charge is 0.368 e. The molecule has 0 saturated carbocycles. The van der Waals surface area contributed by atoms with E-state index in [2.05, 4.69) is 5.32 Å². The molecule has 0 aliphatic heterocycles. The van der Waals surface area contributed by atoms with Crippen molar-refractivity contribution in [3.05, 3.63) is 35.4 Å². The molecule has 1 aromatic rings. The van der Waals surface area contributed by atoms with Gasteiger partial charge in [-0.2, -0.15) is 13.2 Å². The summed E-state index contributed by atoms with van der Waals surface area (Å²) in [6.45, 7) is -0.361. The summed E-state index contributed by atoms with van der Waals surface area (Å²) in [6.07, 6.45) is -4.44. The van der Waals surface area contributed by atoms with Crippen molar-refractivity contribution >= 4 is 11.8 Å². The minimum atomic E-state index is -4.44. The fourth-order valence-corrected chi connectivity index (χ4v) is 1.08. The minimum absolute atomic E-state index is 0.0271. The molecule has 2 amide bonds. The maximum atomic E-state index is 12.2. The number of nitrogens with one attached hydrogen (secondary N) is 1. The standard InChI is InChI=1S/C10H9F3N2O2/c11-10(12,13)7-3-1-6(2-4-7)9(17)15-5-8(14)16/h1-4H,5H2,(H2,14,16)(H,15,17). The lowest BCUT2D eigenvalue weighted by molar-refractivity contribution is -0.137. The molecule has 1 rings (SSSR count). The van der Waals surface area contributed by atoms with Crippen LogP contribution in [-0.4, -0.2) is 18.4 Å². The fourth-order valence-electron chi connectivity index (χ4n) is 1.08. The zero-order valence-corrected chi connectivity index (χ0v) is 8.54. The van der Waals surface area contributed by atoms with Crippen LogP contribution < -0.4 is 11.1 Å². The van der Waals surface area contributed by atoms with Gasteiger partial charge in [0.2, 0.25) is 5.91 Å². The number of alkyl halides is 3. The predicted molar refractivity (Wildman–Crippen MR) is 53.0 cm³/mol. The van der Waals surface area contributed by atoms with Gasteiger partial charge in [0.05, 0.1) is 12.1 Å². The predicted octanol–water partition coefficient (Wildman–Crippen LogP) is 0.921. The highest BCUT2D eigenvalue weighted by atomic mass is 19.4. The second-order valence-electron chi connectivity index (χ2n) is 3.22. The Kier molecular flexibility index (Phi) is 3.72. The fraction of sp³-hybridized carbons (Fsp3) is 0.200. The van der Waals surface area contributed by atoms with E-state index in [9.17, 15) is 22.8 Å². The first-order valence-corrected chi connectivity index (χ1v) is 4.54. The second-order valence-corrected chi connectivity index (χ2v) is 3.22. The number of carbonyl (C=O) groups excluding carboxylic acids is 2. The molecule has 0 bridgehead atoms. The van der Waals surface area contributed by atoms with E-state index in [1.165, 1.54) is 0 Å². The highest BCUT2D eigenvalue weighted by molar-refractivity contribution is 5.96. The molecule has 0 aliphatic rings. The van der Waals surface area contributed by atoms with E-state index in [4.69, 9.17) is 5.73 Å². The van der Waals surface area contributed by atoms with Gasteiger partial charge < -0.3 is 11.1 Å². The zero-order chi connectivity index (χ0) is 13.1. The van der Waals surface area contributed by atoms with Gasteiger partial charge in [-0.3, -0.25) is 9.59 Å². The van der Waals surface area contributed by atoms with Gasteiger partial charge in [-0.1, -0.05) is 0 Å². The van der Waals surface area contributed by atoms with E-state index < -0.39 is 23.6 Å². The Morgan fingerprint density at radius 1 is 1.18 bits per heavy atom. The van der Waals surface area contributed by atoms with Gasteiger partial charge >= 0.3 is 6.18 Å². The Bertz CT molecular complexity index is 426. The number of hydrogen-bond donors (Lipinski definition) is 2. The van der Waals surface area contributed by atoms with Gasteiger partial charge in [-0.25, -0.2) is 0 Å². The zero-order valence-electron chi connectivity index (χ0n) is 8.54. The number of rotatable bonds is 3. The van der Waals surface area contributed by atoms with Crippen LogP contribution in [0.5, 0.6) is 0 Å². The third-order valence-corrected chi connectivity index (χ3v) is 1.90. The lowest BCUT2D eigenvalue weighted by atomic mass is 10.1. The average Bonchev–Trinajstić information content (AvgIpc) is 2.25. The average molecular weight is 246 g/mol. The molecule has 0 fully saturated rings. The second kappa shape index (κ2) is 4.86. The van der Waals surface area contributed by atoms with Crippen molar-refractivity contribution < 1.29 is 22.8 Å². The molecular weight excluding hydrogens is 237 g/mol. The van der Waals surface area contributed by atoms with Crippen LogP contribution >= 0.6 is 0 Å². The first-order valence-electron chi connectivity index (χ1n) is 4.54. The molecular formula is C10H9F3N2O2. The van der Waals surface area contributed by atoms with E-state index in [0.29, 0.717) is 0 Å². The maximum Gasteiger partial charge on any atom is 0.416 e. The van der Waals surface area contributed by atoms with Crippen molar-refractivity contribution in [1.29, 1.82) is 0 Å². The highest BCUT2D eigenvalue weighted by Gasteiger charge is 2.30. The van der Waals surface area contributed by atoms with E-state index in [0.717, 1.165) is 24.3 Å². The Morgan fingerprint density at radius 3 is 2.12 bits per heavy atom. The van der Waals surface area contributed by atoms with Crippen molar-refractivity contribution in [3.63, 3.8) is 0 Å². The molecule has 4 nitrogen and oxygen atoms in total. The van der Waals surface area contributed by atoms with E-state index in [1.54, 1.807) is 0 Å². The van der Waals surface area contributed by atoms with Gasteiger partial charge in [-0.05, 0) is 24.3 Å². The van der Waals surface area contributed by atoms with Crippen molar-refractivity contribution in [2.45, 2.75) is 6.18 Å². The van der Waals surface area contributed by atoms with Crippen molar-refractivity contribution in [2.75, 3.05) is 6.54 Å². The molecule has 0 aliphatic carbocycles. The van der Waals surface area contributed by atoms with Crippen LogP contribution in [0.2, 0.25) is 0 Å². The van der Waals surface area contributed by atoms with E-state index >= 15 is 0 Å². The van der Waals surface area contributed by atoms with Gasteiger partial charge in [0.15, 0.2) is 0 Å². The molecule has 0 unspecified atom stereocenters. The lowest BCUT2D eigenvalue weighted by Crippen LogP contribution is -2.33. The maximum absolute atomic E-state index is 12.2. The summed E-state index contributed by atoms with van der Waals surface area (Å²) in [5, 5.41) is 2.16. The van der Waals surface area contributed by atoms with E-state index in [1.807, 2.05) is 0 Å². The van der Waals surface area contributed by atoms with Crippen molar-refractivity contribution in [1.82, 2.24) is 5.32 Å². The third-order valence-electron chi connectivity index (χ3n) is 1.90. The molecule has 0 heterocycles. The summed E-state index contributed by atoms with van der Waals surface area (Å²) >= 11 is 0. The largest absolute Gasteiger partial charge is 0.416 e. The molecule has 0 saturated heterocycles. The SMILES string of the molecule is NC(=O)CNC(=O)c1ccc(C(F)(F)F)cc1. The summed E-state index contributed by atoms with van der Waals surface area (Å²) in [5.74, 6) is -1.39. The van der Waals surface area contributed by atoms with Crippen LogP contribution in [0.1, 0.15) is 15.9 Å². The number of benzene rings is 1. The monoisotopic (exact) mass is 246 g/mol. The molecule has 0 atom stereocenters. The van der Waals surface area contributed by atoms with Crippen molar-refractivity contribution in [3.8, 4) is 0 Å².